The number of nitrogens with zero attached hydrogens (tertiary/aromatic N) is 3. The highest BCUT2D eigenvalue weighted by Crippen LogP contribution is 2.30. The molecule has 0 spiro atoms. The zero-order valence-corrected chi connectivity index (χ0v) is 15.4. The molecule has 2 aromatic carbocycles. The predicted octanol–water partition coefficient (Wildman–Crippen LogP) is 2.16. The number of fused-ring (bicyclic) bond motifs is 2. The van der Waals surface area contributed by atoms with Gasteiger partial charge in [-0.3, -0.25) is 14.2 Å². The first-order chi connectivity index (χ1) is 13.6. The fraction of sp³-hybridized carbons (Fsp3) is 0.238. The molecule has 1 aromatic heterocycles. The number of amides is 1. The Morgan fingerprint density at radius 3 is 2.79 bits per heavy atom. The number of aromatic nitrogens is 2. The normalized spacial score (nSPS) is 13.2. The van der Waals surface area contributed by atoms with E-state index in [1.807, 2.05) is 18.2 Å². The zero-order chi connectivity index (χ0) is 19.7. The van der Waals surface area contributed by atoms with E-state index in [1.165, 1.54) is 17.9 Å². The molecule has 1 aliphatic rings. The van der Waals surface area contributed by atoms with Crippen molar-refractivity contribution in [3.63, 3.8) is 0 Å². The van der Waals surface area contributed by atoms with Crippen molar-refractivity contribution in [3.05, 3.63) is 70.1 Å². The molecule has 0 bridgehead atoms. The molecule has 0 fully saturated rings. The molecule has 0 saturated heterocycles. The monoisotopic (exact) mass is 377 g/mol. The van der Waals surface area contributed by atoms with E-state index < -0.39 is 5.97 Å². The largest absolute Gasteiger partial charge is 0.465 e. The summed E-state index contributed by atoms with van der Waals surface area (Å²) >= 11 is 0. The van der Waals surface area contributed by atoms with Crippen LogP contribution in [0.25, 0.3) is 11.0 Å². The number of anilines is 1. The van der Waals surface area contributed by atoms with Crippen molar-refractivity contribution in [3.8, 4) is 0 Å². The lowest BCUT2D eigenvalue weighted by Crippen LogP contribution is -2.40. The van der Waals surface area contributed by atoms with Crippen LogP contribution in [-0.4, -0.2) is 35.1 Å². The Morgan fingerprint density at radius 1 is 1.14 bits per heavy atom. The Kier molecular flexibility index (Phi) is 4.65. The van der Waals surface area contributed by atoms with Gasteiger partial charge in [0.2, 0.25) is 5.91 Å². The van der Waals surface area contributed by atoms with Crippen LogP contribution in [-0.2, 0) is 22.5 Å². The molecule has 0 unspecified atom stereocenters. The van der Waals surface area contributed by atoms with Gasteiger partial charge in [0.25, 0.3) is 5.56 Å². The number of methoxy groups -OCH3 is 1. The Bertz CT molecular complexity index is 1140. The van der Waals surface area contributed by atoms with Crippen molar-refractivity contribution < 1.29 is 14.3 Å². The Balaban J connectivity index is 1.71. The molecule has 0 atom stereocenters. The summed E-state index contributed by atoms with van der Waals surface area (Å²) in [5.41, 5.74) is 2.92. The smallest absolute Gasteiger partial charge is 0.338 e. The summed E-state index contributed by atoms with van der Waals surface area (Å²) in [4.78, 5) is 43.3. The number of carbonyl (C=O) groups excluding carboxylic acids is 2. The van der Waals surface area contributed by atoms with E-state index in [4.69, 9.17) is 4.74 Å². The molecule has 28 heavy (non-hydrogen) atoms. The third kappa shape index (κ3) is 3.05. The molecule has 0 aliphatic carbocycles. The molecule has 0 radical (unpaired) electrons. The second kappa shape index (κ2) is 7.26. The van der Waals surface area contributed by atoms with Crippen molar-refractivity contribution in [2.45, 2.75) is 19.4 Å². The number of esters is 1. The summed E-state index contributed by atoms with van der Waals surface area (Å²) in [5, 5.41) is 0. The van der Waals surface area contributed by atoms with Gasteiger partial charge < -0.3 is 9.64 Å². The van der Waals surface area contributed by atoms with Crippen LogP contribution >= 0.6 is 0 Å². The molecule has 4 rings (SSSR count). The maximum absolute atomic E-state index is 13.1. The van der Waals surface area contributed by atoms with Crippen LogP contribution < -0.4 is 10.5 Å². The minimum atomic E-state index is -0.414. The summed E-state index contributed by atoms with van der Waals surface area (Å²) in [5.74, 6) is -0.621. The highest BCUT2D eigenvalue weighted by Gasteiger charge is 2.26. The SMILES string of the molecule is COC(=O)c1cccc2c1CCCN2C(=O)Cn1c(=O)cnc2ccccc21. The van der Waals surface area contributed by atoms with Gasteiger partial charge in [-0.2, -0.15) is 0 Å². The molecule has 3 aromatic rings. The predicted molar refractivity (Wildman–Crippen MR) is 104 cm³/mol. The van der Waals surface area contributed by atoms with Crippen LogP contribution in [0.4, 0.5) is 5.69 Å². The van der Waals surface area contributed by atoms with Gasteiger partial charge in [-0.1, -0.05) is 18.2 Å². The third-order valence-corrected chi connectivity index (χ3v) is 5.00. The average Bonchev–Trinajstić information content (AvgIpc) is 2.74. The first kappa shape index (κ1) is 17.9. The van der Waals surface area contributed by atoms with Gasteiger partial charge >= 0.3 is 5.97 Å². The lowest BCUT2D eigenvalue weighted by atomic mass is 9.96. The topological polar surface area (TPSA) is 81.5 Å². The van der Waals surface area contributed by atoms with Crippen molar-refractivity contribution >= 4 is 28.6 Å². The number of para-hydroxylation sites is 2. The van der Waals surface area contributed by atoms with E-state index in [0.29, 0.717) is 35.2 Å². The lowest BCUT2D eigenvalue weighted by Gasteiger charge is -2.30. The molecule has 142 valence electrons. The molecule has 0 saturated carbocycles. The van der Waals surface area contributed by atoms with E-state index in [1.54, 1.807) is 29.2 Å². The van der Waals surface area contributed by atoms with Gasteiger partial charge in [0.05, 0.1) is 29.9 Å². The highest BCUT2D eigenvalue weighted by atomic mass is 16.5. The minimum absolute atomic E-state index is 0.0935. The number of ether oxygens (including phenoxy) is 1. The molecular weight excluding hydrogens is 358 g/mol. The van der Waals surface area contributed by atoms with E-state index in [-0.39, 0.29) is 18.0 Å². The third-order valence-electron chi connectivity index (χ3n) is 5.00. The van der Waals surface area contributed by atoms with Crippen molar-refractivity contribution in [2.24, 2.45) is 0 Å². The standard InChI is InChI=1S/C21H19N3O4/c1-28-21(27)15-6-4-10-17-14(15)7-5-11-23(17)20(26)13-24-18-9-3-2-8-16(18)22-12-19(24)25/h2-4,6,8-10,12H,5,7,11,13H2,1H3. The molecule has 7 heteroatoms. The van der Waals surface area contributed by atoms with Crippen LogP contribution in [0, 0.1) is 0 Å². The van der Waals surface area contributed by atoms with Gasteiger partial charge in [-0.15, -0.1) is 0 Å². The fourth-order valence-electron chi connectivity index (χ4n) is 3.68. The van der Waals surface area contributed by atoms with Gasteiger partial charge in [0, 0.05) is 12.2 Å². The lowest BCUT2D eigenvalue weighted by molar-refractivity contribution is -0.119. The van der Waals surface area contributed by atoms with Gasteiger partial charge in [0.15, 0.2) is 0 Å². The van der Waals surface area contributed by atoms with Crippen LogP contribution in [0.1, 0.15) is 22.3 Å². The summed E-state index contributed by atoms with van der Waals surface area (Å²) in [6.45, 7) is 0.442. The van der Waals surface area contributed by atoms with Crippen molar-refractivity contribution in [1.82, 2.24) is 9.55 Å². The summed E-state index contributed by atoms with van der Waals surface area (Å²) < 4.78 is 6.30. The molecule has 1 amide bonds. The van der Waals surface area contributed by atoms with E-state index >= 15 is 0 Å². The zero-order valence-electron chi connectivity index (χ0n) is 15.4. The first-order valence-corrected chi connectivity index (χ1v) is 9.05. The number of carbonyl (C=O) groups is 2. The average molecular weight is 377 g/mol. The highest BCUT2D eigenvalue weighted by molar-refractivity contribution is 5.99. The molecule has 1 aliphatic heterocycles. The van der Waals surface area contributed by atoms with Crippen LogP contribution in [0.5, 0.6) is 0 Å². The van der Waals surface area contributed by atoms with Crippen molar-refractivity contribution in [1.29, 1.82) is 0 Å². The molecule has 2 heterocycles. The Hall–Kier alpha value is -3.48. The van der Waals surface area contributed by atoms with Crippen molar-refractivity contribution in [2.75, 3.05) is 18.6 Å². The second-order valence-corrected chi connectivity index (χ2v) is 6.62. The fourth-order valence-corrected chi connectivity index (χ4v) is 3.68. The number of benzene rings is 2. The second-order valence-electron chi connectivity index (χ2n) is 6.62. The summed E-state index contributed by atoms with van der Waals surface area (Å²) in [7, 11) is 1.34. The summed E-state index contributed by atoms with van der Waals surface area (Å²) in [6.07, 6.45) is 2.66. The van der Waals surface area contributed by atoms with Gasteiger partial charge in [-0.05, 0) is 42.7 Å². The van der Waals surface area contributed by atoms with Crippen LogP contribution in [0.15, 0.2) is 53.5 Å². The number of hydrogen-bond acceptors (Lipinski definition) is 5. The van der Waals surface area contributed by atoms with Crippen LogP contribution in [0.2, 0.25) is 0 Å². The quantitative estimate of drug-likeness (QED) is 0.654. The number of hydrogen-bond donors (Lipinski definition) is 0. The summed E-state index contributed by atoms with van der Waals surface area (Å²) in [6, 6.07) is 12.5. The van der Waals surface area contributed by atoms with E-state index in [2.05, 4.69) is 4.98 Å². The molecular formula is C21H19N3O4. The first-order valence-electron chi connectivity index (χ1n) is 9.05. The molecule has 7 nitrogen and oxygen atoms in total. The number of rotatable bonds is 3. The minimum Gasteiger partial charge on any atom is -0.465 e. The maximum Gasteiger partial charge on any atom is 0.338 e. The molecule has 0 N–H and O–H groups in total. The van der Waals surface area contributed by atoms with E-state index in [0.717, 1.165) is 12.0 Å². The van der Waals surface area contributed by atoms with Crippen LogP contribution in [0.3, 0.4) is 0 Å². The Morgan fingerprint density at radius 2 is 1.96 bits per heavy atom. The van der Waals surface area contributed by atoms with Gasteiger partial charge in [-0.25, -0.2) is 9.78 Å². The van der Waals surface area contributed by atoms with Gasteiger partial charge in [0.1, 0.15) is 6.54 Å². The maximum atomic E-state index is 13.1. The van der Waals surface area contributed by atoms with E-state index in [9.17, 15) is 14.4 Å². The Labute approximate surface area is 161 Å².